The fourth-order valence-electron chi connectivity index (χ4n) is 15.6. The first-order chi connectivity index (χ1) is 61.2. The van der Waals surface area contributed by atoms with Crippen LogP contribution in [0.5, 0.6) is 51.7 Å². The number of aliphatic hydroxyl groups excluding tert-OH is 6. The molecule has 0 aromatic heterocycles. The van der Waals surface area contributed by atoms with E-state index in [1.165, 1.54) is 45.3 Å². The Morgan fingerprint density at radius 3 is 1.97 bits per heavy atom. The predicted octanol–water partition coefficient (Wildman–Crippen LogP) is 1.60. The number of nitrogens with one attached hydrogen (secondary N) is 11. The standard InChI is InChI=1S/C83H99Cl2F3N14O27/c1-36(2)25-49(90-5)73(113)97-64-66(108)39-8-15-53(47(84)27-39)124-55-29-41-30-56(70(55)128-80-71(69(111)68(110)57(35-103)126-80)127-59-34-82(4,72(112)37(3)123-59)91-17-18-101-19-21-102(22-20-101)99-81(120)92-42-10-12-44(13-11-42)129-83(86,87)88)125-54-16-9-40(28-48(54)85)67(109)65-78(118)96-63(79(119)100-122-24-23-121-6)46-31-43(104)32-52(106)60(46)45-26-38(7-14-51(45)105)61(75(115)98-65)95-76(116)62(41)94-74(114)50(33-58(89)107)93-77(64)117/h7-16,26-32,36-37,49-50,57,59,61-69,71-72,80,90-91,103-106,108-112H,17-25,33-35H2,1-6H3,(H2,89,107)(H,93,117)(H,94,114)(H,95,116)(H,96,118)(H,97,113)(H,98,115)(H,100,119)(H2,92,99,120). The number of alkyl halides is 3. The van der Waals surface area contributed by atoms with E-state index in [1.54, 1.807) is 11.9 Å². The van der Waals surface area contributed by atoms with E-state index in [0.717, 1.165) is 78.9 Å². The number of primary amides is 1. The van der Waals surface area contributed by atoms with Gasteiger partial charge in [0.25, 0.3) is 5.91 Å². The van der Waals surface area contributed by atoms with Crippen LogP contribution in [0.2, 0.25) is 10.0 Å². The second kappa shape index (κ2) is 41.6. The minimum atomic E-state index is -4.91. The average Bonchev–Trinajstić information content (AvgIpc) is 0.756. The number of nitrogens with two attached hydrogens (primary N) is 1. The first-order valence-electron chi connectivity index (χ1n) is 40.7. The number of urea groups is 1. The van der Waals surface area contributed by atoms with Gasteiger partial charge in [-0.1, -0.05) is 55.2 Å². The highest BCUT2D eigenvalue weighted by atomic mass is 35.5. The predicted molar refractivity (Wildman–Crippen MR) is 445 cm³/mol. The number of aliphatic hydroxyl groups is 6. The van der Waals surface area contributed by atoms with Crippen LogP contribution >= 0.6 is 23.2 Å². The Morgan fingerprint density at radius 1 is 0.713 bits per heavy atom. The summed E-state index contributed by atoms with van der Waals surface area (Å²) in [6.07, 6.45) is -24.1. The molecule has 6 aromatic rings. The van der Waals surface area contributed by atoms with Crippen molar-refractivity contribution >= 4 is 82.2 Å². The van der Waals surface area contributed by atoms with Crippen LogP contribution in [-0.2, 0) is 62.1 Å². The number of hydrogen-bond donors (Lipinski definition) is 21. The molecular weight excluding hydrogens is 1750 g/mol. The first kappa shape index (κ1) is 96.8. The van der Waals surface area contributed by atoms with Gasteiger partial charge in [0, 0.05) is 81.2 Å². The molecule has 0 saturated carbocycles. The van der Waals surface area contributed by atoms with E-state index in [-0.39, 0.29) is 66.6 Å². The van der Waals surface area contributed by atoms with E-state index in [1.807, 2.05) is 13.8 Å². The number of ether oxygens (including phenoxy) is 8. The summed E-state index contributed by atoms with van der Waals surface area (Å²) in [5.74, 6) is -16.0. The fraction of sp³-hybridized carbons (Fsp3) is 0.458. The SMILES string of the molecule is CNC(CC(C)C)C(=O)NC1C(=O)NC(CC(N)=O)C(=O)NC2C(=O)NC3C(=O)NC(C(=O)NC(C(=O)NOCCOC)c4cc(O)cc(O)c4-c4cc3ccc4O)C(O)c3ccc(c(Cl)c3)Oc3cc2cc(c3OC2OC(CO)C(O)C(O)C2OC2CC(C)(NCCN3CCN(NC(=O)Nc4ccc(OC(F)(F)F)cc4)CC3)C(O)C(C)O2)Oc2ccc(cc2Cl)C1O. The number of phenols is 3. The topological polar surface area (TPSA) is 584 Å². The smallest absolute Gasteiger partial charge is 0.508 e. The number of hydrazine groups is 1. The van der Waals surface area contributed by atoms with Gasteiger partial charge in [0.05, 0.1) is 54.5 Å². The van der Waals surface area contributed by atoms with Gasteiger partial charge in [-0.3, -0.25) is 53.5 Å². The molecule has 0 spiro atoms. The Kier molecular flexibility index (Phi) is 31.3. The van der Waals surface area contributed by atoms with Gasteiger partial charge in [-0.15, -0.1) is 13.2 Å². The number of hydroxylamine groups is 1. The highest BCUT2D eigenvalue weighted by Crippen LogP contribution is 2.50. The summed E-state index contributed by atoms with van der Waals surface area (Å²) >= 11 is 14.4. The average molecular weight is 1850 g/mol. The molecule has 3 fully saturated rings. The molecule has 0 radical (unpaired) electrons. The summed E-state index contributed by atoms with van der Waals surface area (Å²) in [5.41, 5.74) is 6.83. The molecule has 46 heteroatoms. The van der Waals surface area contributed by atoms with Crippen molar-refractivity contribution in [2.24, 2.45) is 11.7 Å². The molecule has 129 heavy (non-hydrogen) atoms. The second-order valence-corrected chi connectivity index (χ2v) is 32.8. The summed E-state index contributed by atoms with van der Waals surface area (Å²) in [6.45, 7) is 7.57. The Labute approximate surface area is 743 Å². The van der Waals surface area contributed by atoms with Crippen molar-refractivity contribution in [1.82, 2.24) is 63.3 Å². The van der Waals surface area contributed by atoms with Crippen LogP contribution in [0.25, 0.3) is 11.1 Å². The van der Waals surface area contributed by atoms with Gasteiger partial charge in [-0.2, -0.15) is 0 Å². The Morgan fingerprint density at radius 2 is 1.35 bits per heavy atom. The summed E-state index contributed by atoms with van der Waals surface area (Å²) in [7, 11) is 2.80. The molecule has 8 heterocycles. The quantitative estimate of drug-likeness (QED) is 0.0302. The van der Waals surface area contributed by atoms with Crippen molar-refractivity contribution in [1.29, 1.82) is 0 Å². The van der Waals surface area contributed by atoms with Crippen molar-refractivity contribution in [2.75, 3.05) is 78.6 Å². The van der Waals surface area contributed by atoms with Crippen LogP contribution in [0.3, 0.4) is 0 Å². The van der Waals surface area contributed by atoms with Gasteiger partial charge < -0.3 is 137 Å². The van der Waals surface area contributed by atoms with Crippen LogP contribution < -0.4 is 83.4 Å². The number of likely N-dealkylation sites (N-methyl/N-ethyl adjacent to an activating group) is 1. The number of phenolic OH excluding ortho intramolecular Hbond substituents is 3. The molecule has 3 saturated heterocycles. The van der Waals surface area contributed by atoms with Gasteiger partial charge >= 0.3 is 12.4 Å². The van der Waals surface area contributed by atoms with Crippen molar-refractivity contribution in [3.05, 3.63) is 141 Å². The molecule has 8 aliphatic heterocycles. The van der Waals surface area contributed by atoms with Crippen molar-refractivity contribution < 1.29 is 145 Å². The zero-order chi connectivity index (χ0) is 93.4. The number of methoxy groups -OCH3 is 1. The van der Waals surface area contributed by atoms with Crippen LogP contribution in [0, 0.1) is 5.92 Å². The molecule has 14 rings (SSSR count). The number of fused-ring (bicyclic) bond motifs is 15. The zero-order valence-electron chi connectivity index (χ0n) is 69.9. The molecule has 0 aliphatic carbocycles. The number of hydrogen-bond acceptors (Lipinski definition) is 31. The second-order valence-electron chi connectivity index (χ2n) is 32.0. The van der Waals surface area contributed by atoms with E-state index in [4.69, 9.17) is 66.9 Å². The van der Waals surface area contributed by atoms with Gasteiger partial charge in [0.2, 0.25) is 53.4 Å². The number of carbonyl (C=O) groups excluding carboxylic acids is 9. The van der Waals surface area contributed by atoms with E-state index >= 15 is 24.0 Å². The number of anilines is 1. The number of aromatic hydroxyl groups is 3. The van der Waals surface area contributed by atoms with E-state index in [0.29, 0.717) is 32.7 Å². The number of nitrogens with zero attached hydrogens (tertiary/aromatic N) is 2. The normalized spacial score (nSPS) is 26.6. The maximum absolute atomic E-state index is 16.4. The van der Waals surface area contributed by atoms with Crippen LogP contribution in [0.4, 0.5) is 23.7 Å². The molecule has 11 bridgehead atoms. The molecule has 22 N–H and O–H groups in total. The lowest BCUT2D eigenvalue weighted by molar-refractivity contribution is -0.334. The van der Waals surface area contributed by atoms with Gasteiger partial charge in [0.15, 0.2) is 23.9 Å². The first-order valence-corrected chi connectivity index (χ1v) is 41.5. The Balaban J connectivity index is 0.961. The molecule has 698 valence electrons. The number of carbonyl (C=O) groups is 9. The summed E-state index contributed by atoms with van der Waals surface area (Å²) in [6, 6.07) is 3.37. The number of piperazine rings is 1. The summed E-state index contributed by atoms with van der Waals surface area (Å²) < 4.78 is 86.7. The minimum absolute atomic E-state index is 0.0754. The molecule has 18 unspecified atom stereocenters. The molecule has 41 nitrogen and oxygen atoms in total. The Hall–Kier alpha value is -11.3. The molecule has 8 aliphatic rings. The van der Waals surface area contributed by atoms with Crippen molar-refractivity contribution in [3.8, 4) is 62.9 Å². The zero-order valence-corrected chi connectivity index (χ0v) is 71.4. The van der Waals surface area contributed by atoms with E-state index < -0.39 is 260 Å². The lowest BCUT2D eigenvalue weighted by Crippen LogP contribution is -2.66. The van der Waals surface area contributed by atoms with Gasteiger partial charge in [-0.25, -0.2) is 15.3 Å². The molecule has 18 atom stereocenters. The Bertz CT molecular complexity index is 5130. The van der Waals surface area contributed by atoms with Gasteiger partial charge in [-0.05, 0) is 140 Å². The summed E-state index contributed by atoms with van der Waals surface area (Å²) in [4.78, 5) is 140. The van der Waals surface area contributed by atoms with Crippen LogP contribution in [0.1, 0.15) is 105 Å². The molecular formula is C83H99Cl2F3N14O27. The lowest BCUT2D eigenvalue weighted by Gasteiger charge is -2.48. The van der Waals surface area contributed by atoms with E-state index in [2.05, 4.69) is 68.4 Å². The lowest BCUT2D eigenvalue weighted by atomic mass is 9.85. The monoisotopic (exact) mass is 1850 g/mol. The number of amides is 10. The highest BCUT2D eigenvalue weighted by molar-refractivity contribution is 6.32. The van der Waals surface area contributed by atoms with Crippen LogP contribution in [0.15, 0.2) is 103 Å². The van der Waals surface area contributed by atoms with Crippen LogP contribution in [-0.4, -0.2) is 268 Å². The maximum Gasteiger partial charge on any atom is 0.573 e. The third kappa shape index (κ3) is 23.3. The van der Waals surface area contributed by atoms with Crippen molar-refractivity contribution in [2.45, 2.75) is 163 Å². The number of rotatable bonds is 24. The molecule has 10 amide bonds. The minimum Gasteiger partial charge on any atom is -0.508 e. The highest BCUT2D eigenvalue weighted by Gasteiger charge is 2.53. The summed E-state index contributed by atoms with van der Waals surface area (Å²) in [5, 5.41) is 131. The van der Waals surface area contributed by atoms with Gasteiger partial charge in [0.1, 0.15) is 101 Å². The maximum atomic E-state index is 16.4. The third-order valence-corrected chi connectivity index (χ3v) is 22.8. The van der Waals surface area contributed by atoms with Crippen molar-refractivity contribution in [3.63, 3.8) is 0 Å². The molecule has 6 aromatic carbocycles. The van der Waals surface area contributed by atoms with E-state index in [9.17, 15) is 78.3 Å². The third-order valence-electron chi connectivity index (χ3n) is 22.2. The fourth-order valence-corrected chi connectivity index (χ4v) is 16.0. The largest absolute Gasteiger partial charge is 0.573 e. The number of halogens is 5. The number of benzene rings is 6.